The number of likely N-dealkylation sites (N-methyl/N-ethyl adjacent to an activating group) is 1. The standard InChI is InChI=1S/C54H75N3O9/c1-7-9-16-25-53(26-17-10-8-2)64-44-42-33-54(50(61)56(6)41(48(59)55-28-29-58)30-35-18-12-11-13-19-35)46(49(60)62-42)57(66-47(54)45(44)65-53)34-38-21-15-14-20-36(38)31-37-22-23-43-52(5,63-43)27-24-40-39(37)32-51(40,3)4/h11-15,18-21,31,39-47,58H,7-10,16-17,22-30,32-34H2,1-6H3,(H,55,59)/t39-,40-,41-,42-,43?,44+,45+,46-,47-,52-,54-/m1/s1. The van der Waals surface area contributed by atoms with Crippen LogP contribution in [0.3, 0.4) is 0 Å². The van der Waals surface area contributed by atoms with Crippen molar-refractivity contribution < 1.29 is 43.3 Å². The number of carbonyl (C=O) groups is 3. The summed E-state index contributed by atoms with van der Waals surface area (Å²) in [5.74, 6) is -1.10. The molecule has 4 saturated heterocycles. The van der Waals surface area contributed by atoms with Gasteiger partial charge in [0.1, 0.15) is 35.9 Å². The van der Waals surface area contributed by atoms with Gasteiger partial charge in [-0.3, -0.25) is 19.2 Å². The molecular formula is C54H75N3O9. The van der Waals surface area contributed by atoms with Crippen LogP contribution in [0.15, 0.2) is 60.2 Å². The number of ether oxygens (including phenoxy) is 4. The Morgan fingerprint density at radius 2 is 1.64 bits per heavy atom. The molecule has 2 aromatic carbocycles. The Labute approximate surface area is 392 Å². The maximum absolute atomic E-state index is 15.9. The Kier molecular flexibility index (Phi) is 13.7. The van der Waals surface area contributed by atoms with Crippen molar-refractivity contribution in [3.63, 3.8) is 0 Å². The molecule has 4 heterocycles. The van der Waals surface area contributed by atoms with E-state index in [2.05, 4.69) is 64.2 Å². The van der Waals surface area contributed by atoms with Crippen LogP contribution in [0.25, 0.3) is 6.08 Å². The second-order valence-electron chi connectivity index (χ2n) is 21.7. The molecule has 2 aromatic rings. The van der Waals surface area contributed by atoms with E-state index in [1.807, 2.05) is 36.4 Å². The van der Waals surface area contributed by atoms with Crippen molar-refractivity contribution in [1.82, 2.24) is 15.3 Å². The molecular weight excluding hydrogens is 835 g/mol. The molecule has 0 aromatic heterocycles. The normalized spacial score (nSPS) is 34.7. The lowest BCUT2D eigenvalue weighted by Gasteiger charge is -2.53. The smallest absolute Gasteiger partial charge is 0.327 e. The van der Waals surface area contributed by atoms with Crippen molar-refractivity contribution in [3.05, 3.63) is 76.9 Å². The molecule has 66 heavy (non-hydrogen) atoms. The van der Waals surface area contributed by atoms with Crippen LogP contribution in [-0.2, 0) is 51.1 Å². The number of fused-ring (bicyclic) bond motifs is 6. The molecule has 0 radical (unpaired) electrons. The number of nitrogens with zero attached hydrogens (tertiary/aromatic N) is 2. The molecule has 12 heteroatoms. The van der Waals surface area contributed by atoms with E-state index in [1.165, 1.54) is 10.5 Å². The lowest BCUT2D eigenvalue weighted by Crippen LogP contribution is -2.70. The van der Waals surface area contributed by atoms with Crippen LogP contribution in [0.5, 0.6) is 0 Å². The monoisotopic (exact) mass is 910 g/mol. The highest BCUT2D eigenvalue weighted by Gasteiger charge is 2.77. The highest BCUT2D eigenvalue weighted by Crippen LogP contribution is 2.61. The van der Waals surface area contributed by atoms with Gasteiger partial charge in [-0.2, -0.15) is 5.06 Å². The topological polar surface area (TPSA) is 139 Å². The van der Waals surface area contributed by atoms with Crippen molar-refractivity contribution in [2.45, 2.75) is 191 Å². The minimum absolute atomic E-state index is 0.00886. The van der Waals surface area contributed by atoms with E-state index in [0.29, 0.717) is 30.8 Å². The molecule has 4 aliphatic heterocycles. The Morgan fingerprint density at radius 3 is 2.35 bits per heavy atom. The van der Waals surface area contributed by atoms with E-state index in [4.69, 9.17) is 23.8 Å². The number of aliphatic hydroxyl groups excluding tert-OH is 1. The minimum Gasteiger partial charge on any atom is -0.458 e. The van der Waals surface area contributed by atoms with Crippen LogP contribution in [-0.4, -0.2) is 107 Å². The Bertz CT molecular complexity index is 2100. The number of hydrogen-bond acceptors (Lipinski definition) is 10. The number of nitrogens with one attached hydrogen (secondary N) is 1. The van der Waals surface area contributed by atoms with E-state index >= 15 is 4.79 Å². The Hall–Kier alpha value is -3.65. The number of esters is 1. The minimum atomic E-state index is -1.46. The number of benzene rings is 2. The van der Waals surface area contributed by atoms with Gasteiger partial charge in [0.15, 0.2) is 11.8 Å². The molecule has 2 amide bonds. The quantitative estimate of drug-likeness (QED) is 0.0858. The van der Waals surface area contributed by atoms with Gasteiger partial charge in [-0.05, 0) is 85.8 Å². The number of hydrogen-bond donors (Lipinski definition) is 2. The van der Waals surface area contributed by atoms with Gasteiger partial charge < -0.3 is 34.3 Å². The molecule has 7 aliphatic rings. The second kappa shape index (κ2) is 19.0. The summed E-state index contributed by atoms with van der Waals surface area (Å²) in [6, 6.07) is 15.9. The van der Waals surface area contributed by atoms with E-state index in [1.54, 1.807) is 12.1 Å². The molecule has 3 saturated carbocycles. The maximum atomic E-state index is 15.9. The average molecular weight is 910 g/mol. The van der Waals surface area contributed by atoms with Crippen LogP contribution < -0.4 is 5.32 Å². The van der Waals surface area contributed by atoms with Crippen molar-refractivity contribution in [1.29, 1.82) is 0 Å². The summed E-state index contributed by atoms with van der Waals surface area (Å²) < 4.78 is 27.0. The Balaban J connectivity index is 1.08. The highest BCUT2D eigenvalue weighted by molar-refractivity contribution is 5.96. The molecule has 11 atom stereocenters. The van der Waals surface area contributed by atoms with E-state index in [9.17, 15) is 14.7 Å². The average Bonchev–Trinajstić information content (AvgIpc) is 3.58. The number of hydroxylamine groups is 2. The van der Waals surface area contributed by atoms with Crippen LogP contribution in [0.2, 0.25) is 0 Å². The first-order valence-electron chi connectivity index (χ1n) is 25.4. The first-order chi connectivity index (χ1) is 31.8. The summed E-state index contributed by atoms with van der Waals surface area (Å²) in [5, 5.41) is 14.2. The number of epoxide rings is 1. The lowest BCUT2D eigenvalue weighted by atomic mass is 9.52. The summed E-state index contributed by atoms with van der Waals surface area (Å²) in [6.07, 6.45) is 12.9. The molecule has 9 rings (SSSR count). The number of aliphatic hydroxyl groups is 1. The fourth-order valence-electron chi connectivity index (χ4n) is 13.1. The van der Waals surface area contributed by atoms with Gasteiger partial charge in [-0.25, -0.2) is 0 Å². The predicted molar refractivity (Wildman–Crippen MR) is 250 cm³/mol. The predicted octanol–water partition coefficient (Wildman–Crippen LogP) is 8.08. The summed E-state index contributed by atoms with van der Waals surface area (Å²) in [7, 11) is 1.66. The maximum Gasteiger partial charge on any atom is 0.327 e. The summed E-state index contributed by atoms with van der Waals surface area (Å²) >= 11 is 0. The van der Waals surface area contributed by atoms with Gasteiger partial charge in [-0.15, -0.1) is 0 Å². The highest BCUT2D eigenvalue weighted by atomic mass is 16.8. The van der Waals surface area contributed by atoms with E-state index in [0.717, 1.165) is 87.3 Å². The fourth-order valence-corrected chi connectivity index (χ4v) is 13.1. The van der Waals surface area contributed by atoms with Crippen LogP contribution in [0.4, 0.5) is 0 Å². The summed E-state index contributed by atoms with van der Waals surface area (Å²) in [4.78, 5) is 53.5. The SMILES string of the molecule is CCCCCC1(CCCCC)O[C@@H]2[C@H](O1)[C@H]1ON(Cc3ccccc3C=C3CCC4O[C@]4(C)CC[C@@H]4[C@@H]3CC4(C)C)[C@@H]3C(=O)O[C@@H]2C[C@]13C(=O)N(C)[C@H](Cc1ccccc1)C(=O)NCCO. The second-order valence-corrected chi connectivity index (χ2v) is 21.7. The van der Waals surface area contributed by atoms with Crippen molar-refractivity contribution in [3.8, 4) is 0 Å². The molecule has 2 bridgehead atoms. The third-order valence-electron chi connectivity index (χ3n) is 16.9. The molecule has 1 unspecified atom stereocenters. The first-order valence-corrected chi connectivity index (χ1v) is 25.4. The van der Waals surface area contributed by atoms with Gasteiger partial charge >= 0.3 is 5.97 Å². The molecule has 3 aliphatic carbocycles. The molecule has 360 valence electrons. The van der Waals surface area contributed by atoms with Gasteiger partial charge in [0.25, 0.3) is 0 Å². The summed E-state index contributed by atoms with van der Waals surface area (Å²) in [5.41, 5.74) is 3.19. The summed E-state index contributed by atoms with van der Waals surface area (Å²) in [6.45, 7) is 11.5. The van der Waals surface area contributed by atoms with Crippen LogP contribution in [0.1, 0.15) is 141 Å². The van der Waals surface area contributed by atoms with Gasteiger partial charge in [0, 0.05) is 39.3 Å². The van der Waals surface area contributed by atoms with Crippen molar-refractivity contribution in [2.24, 2.45) is 22.7 Å². The zero-order valence-corrected chi connectivity index (χ0v) is 40.3. The zero-order chi connectivity index (χ0) is 46.4. The van der Waals surface area contributed by atoms with Crippen molar-refractivity contribution in [2.75, 3.05) is 20.2 Å². The zero-order valence-electron chi connectivity index (χ0n) is 40.3. The van der Waals surface area contributed by atoms with Crippen molar-refractivity contribution >= 4 is 23.9 Å². The number of rotatable bonds is 18. The number of carbonyl (C=O) groups excluding carboxylic acids is 3. The van der Waals surface area contributed by atoms with E-state index in [-0.39, 0.29) is 55.4 Å². The van der Waals surface area contributed by atoms with Gasteiger partial charge in [0.05, 0.1) is 24.9 Å². The van der Waals surface area contributed by atoms with Gasteiger partial charge in [0.2, 0.25) is 11.8 Å². The van der Waals surface area contributed by atoms with E-state index < -0.39 is 53.7 Å². The number of unbranched alkanes of at least 4 members (excludes halogenated alkanes) is 4. The molecule has 0 spiro atoms. The fraction of sp³-hybridized carbons (Fsp3) is 0.685. The Morgan fingerprint density at radius 1 is 0.924 bits per heavy atom. The molecule has 2 N–H and O–H groups in total. The lowest BCUT2D eigenvalue weighted by molar-refractivity contribution is -0.225. The third kappa shape index (κ3) is 8.81. The third-order valence-corrected chi connectivity index (χ3v) is 16.9. The van der Waals surface area contributed by atoms with Crippen LogP contribution >= 0.6 is 0 Å². The van der Waals surface area contributed by atoms with Gasteiger partial charge in [-0.1, -0.05) is 120 Å². The molecule has 7 fully saturated rings. The number of amides is 2. The number of allylic oxidation sites excluding steroid dienone is 1. The largest absolute Gasteiger partial charge is 0.458 e. The van der Waals surface area contributed by atoms with Crippen LogP contribution in [0, 0.1) is 22.7 Å². The molecule has 12 nitrogen and oxygen atoms in total. The first kappa shape index (κ1) is 47.4.